The molecule has 0 spiro atoms. The van der Waals surface area contributed by atoms with Gasteiger partial charge in [0.2, 0.25) is 0 Å². The van der Waals surface area contributed by atoms with E-state index in [1.807, 2.05) is 30.3 Å². The lowest BCUT2D eigenvalue weighted by Gasteiger charge is -2.16. The van der Waals surface area contributed by atoms with E-state index >= 15 is 0 Å². The van der Waals surface area contributed by atoms with Crippen LogP contribution in [-0.4, -0.2) is 18.8 Å². The van der Waals surface area contributed by atoms with Crippen molar-refractivity contribution >= 4 is 0 Å². The number of rotatable bonds is 6. The van der Waals surface area contributed by atoms with Gasteiger partial charge in [0.15, 0.2) is 11.5 Å². The molecule has 0 bridgehead atoms. The Morgan fingerprint density at radius 2 is 1.85 bits per heavy atom. The summed E-state index contributed by atoms with van der Waals surface area (Å²) in [6, 6.07) is 14.9. The normalized spacial score (nSPS) is 11.9. The molecule has 0 amide bonds. The van der Waals surface area contributed by atoms with Crippen molar-refractivity contribution in [1.82, 2.24) is 0 Å². The molecule has 3 N–H and O–H groups in total. The summed E-state index contributed by atoms with van der Waals surface area (Å²) in [5, 5.41) is 9.10. The monoisotopic (exact) mass is 273 g/mol. The molecule has 4 nitrogen and oxygen atoms in total. The van der Waals surface area contributed by atoms with Crippen molar-refractivity contribution in [1.29, 1.82) is 0 Å². The molecule has 20 heavy (non-hydrogen) atoms. The van der Waals surface area contributed by atoms with Gasteiger partial charge in [-0.1, -0.05) is 36.4 Å². The highest BCUT2D eigenvalue weighted by Crippen LogP contribution is 2.28. The van der Waals surface area contributed by atoms with Crippen LogP contribution in [0.1, 0.15) is 17.2 Å². The Bertz CT molecular complexity index is 543. The van der Waals surface area contributed by atoms with Gasteiger partial charge >= 0.3 is 0 Å². The minimum Gasteiger partial charge on any atom is -0.493 e. The van der Waals surface area contributed by atoms with Gasteiger partial charge < -0.3 is 20.3 Å². The highest BCUT2D eigenvalue weighted by atomic mass is 16.5. The van der Waals surface area contributed by atoms with E-state index in [4.69, 9.17) is 20.3 Å². The molecule has 0 saturated carbocycles. The molecule has 0 heterocycles. The number of aliphatic hydroxyl groups is 1. The molecule has 0 aromatic heterocycles. The van der Waals surface area contributed by atoms with Crippen molar-refractivity contribution in [2.45, 2.75) is 12.6 Å². The van der Waals surface area contributed by atoms with E-state index in [-0.39, 0.29) is 12.6 Å². The summed E-state index contributed by atoms with van der Waals surface area (Å²) in [6.07, 6.45) is 0. The summed E-state index contributed by atoms with van der Waals surface area (Å²) in [5.74, 6) is 1.22. The first-order valence-corrected chi connectivity index (χ1v) is 6.45. The predicted molar refractivity (Wildman–Crippen MR) is 77.8 cm³/mol. The van der Waals surface area contributed by atoms with Gasteiger partial charge in [-0.15, -0.1) is 0 Å². The molecule has 2 rings (SSSR count). The molecule has 0 aliphatic heterocycles. The summed E-state index contributed by atoms with van der Waals surface area (Å²) in [6.45, 7) is 0.332. The average molecular weight is 273 g/mol. The zero-order valence-corrected chi connectivity index (χ0v) is 11.5. The van der Waals surface area contributed by atoms with E-state index in [0.29, 0.717) is 18.1 Å². The molecule has 0 saturated heterocycles. The molecule has 0 aliphatic carbocycles. The summed E-state index contributed by atoms with van der Waals surface area (Å²) in [5.41, 5.74) is 7.89. The minimum atomic E-state index is -0.196. The van der Waals surface area contributed by atoms with E-state index in [1.54, 1.807) is 25.3 Å². The van der Waals surface area contributed by atoms with Crippen molar-refractivity contribution in [2.75, 3.05) is 13.7 Å². The third kappa shape index (κ3) is 3.50. The number of benzene rings is 2. The second-order valence-corrected chi connectivity index (χ2v) is 4.47. The molecular formula is C16H19NO3. The highest BCUT2D eigenvalue weighted by Gasteiger charge is 2.10. The number of ether oxygens (including phenoxy) is 2. The highest BCUT2D eigenvalue weighted by molar-refractivity contribution is 5.42. The molecule has 4 heteroatoms. The minimum absolute atomic E-state index is 0.0276. The number of hydrogen-bond donors (Lipinski definition) is 2. The zero-order valence-electron chi connectivity index (χ0n) is 11.5. The Morgan fingerprint density at radius 3 is 2.50 bits per heavy atom. The van der Waals surface area contributed by atoms with Crippen LogP contribution < -0.4 is 15.2 Å². The van der Waals surface area contributed by atoms with Crippen molar-refractivity contribution in [3.8, 4) is 11.5 Å². The Kier molecular flexibility index (Phi) is 4.98. The third-order valence-electron chi connectivity index (χ3n) is 3.06. The van der Waals surface area contributed by atoms with Crippen molar-refractivity contribution in [3.63, 3.8) is 0 Å². The predicted octanol–water partition coefficient (Wildman–Crippen LogP) is 2.27. The van der Waals surface area contributed by atoms with Crippen LogP contribution in [0.25, 0.3) is 0 Å². The van der Waals surface area contributed by atoms with Gasteiger partial charge in [-0.25, -0.2) is 0 Å². The standard InChI is InChI=1S/C16H19NO3/c1-19-16-9-12(10-18)7-8-15(16)20-11-14(17)13-5-3-2-4-6-13/h2-9,14,18H,10-11,17H2,1H3. The second kappa shape index (κ2) is 6.93. The molecule has 0 aliphatic rings. The number of aliphatic hydroxyl groups excluding tert-OH is 1. The van der Waals surface area contributed by atoms with Crippen LogP contribution in [-0.2, 0) is 6.61 Å². The Balaban J connectivity index is 2.03. The average Bonchev–Trinajstić information content (AvgIpc) is 2.53. The topological polar surface area (TPSA) is 64.7 Å². The lowest BCUT2D eigenvalue weighted by Crippen LogP contribution is -2.19. The van der Waals surface area contributed by atoms with E-state index in [1.165, 1.54) is 0 Å². The molecule has 1 unspecified atom stereocenters. The van der Waals surface area contributed by atoms with Crippen molar-refractivity contribution < 1.29 is 14.6 Å². The van der Waals surface area contributed by atoms with E-state index in [9.17, 15) is 0 Å². The SMILES string of the molecule is COc1cc(CO)ccc1OCC(N)c1ccccc1. The van der Waals surface area contributed by atoms with Gasteiger partial charge in [0.1, 0.15) is 6.61 Å². The van der Waals surface area contributed by atoms with Crippen molar-refractivity contribution in [2.24, 2.45) is 5.73 Å². The first-order valence-electron chi connectivity index (χ1n) is 6.45. The largest absolute Gasteiger partial charge is 0.493 e. The molecule has 0 radical (unpaired) electrons. The Labute approximate surface area is 118 Å². The lowest BCUT2D eigenvalue weighted by atomic mass is 10.1. The third-order valence-corrected chi connectivity index (χ3v) is 3.06. The van der Waals surface area contributed by atoms with Crippen LogP contribution in [0.5, 0.6) is 11.5 Å². The fourth-order valence-electron chi connectivity index (χ4n) is 1.91. The van der Waals surface area contributed by atoms with Gasteiger partial charge in [0.25, 0.3) is 0 Å². The van der Waals surface area contributed by atoms with Crippen molar-refractivity contribution in [3.05, 3.63) is 59.7 Å². The van der Waals surface area contributed by atoms with E-state index < -0.39 is 0 Å². The van der Waals surface area contributed by atoms with Crippen LogP contribution in [0.3, 0.4) is 0 Å². The van der Waals surface area contributed by atoms with Crippen LogP contribution in [0.15, 0.2) is 48.5 Å². The fraction of sp³-hybridized carbons (Fsp3) is 0.250. The maximum Gasteiger partial charge on any atom is 0.161 e. The lowest BCUT2D eigenvalue weighted by molar-refractivity contribution is 0.268. The van der Waals surface area contributed by atoms with E-state index in [0.717, 1.165) is 11.1 Å². The second-order valence-electron chi connectivity index (χ2n) is 4.47. The van der Waals surface area contributed by atoms with Crippen LogP contribution in [0.4, 0.5) is 0 Å². The smallest absolute Gasteiger partial charge is 0.161 e. The van der Waals surface area contributed by atoms with Gasteiger partial charge in [-0.2, -0.15) is 0 Å². The molecule has 106 valence electrons. The Morgan fingerprint density at radius 1 is 1.10 bits per heavy atom. The van der Waals surface area contributed by atoms with Gasteiger partial charge in [-0.05, 0) is 23.3 Å². The molecule has 2 aromatic carbocycles. The maximum absolute atomic E-state index is 9.10. The zero-order chi connectivity index (χ0) is 14.4. The maximum atomic E-state index is 9.10. The molecule has 1 atom stereocenters. The van der Waals surface area contributed by atoms with E-state index in [2.05, 4.69) is 0 Å². The fourth-order valence-corrected chi connectivity index (χ4v) is 1.91. The van der Waals surface area contributed by atoms with Crippen LogP contribution >= 0.6 is 0 Å². The van der Waals surface area contributed by atoms with Gasteiger partial charge in [0.05, 0.1) is 19.8 Å². The number of methoxy groups -OCH3 is 1. The number of hydrogen-bond acceptors (Lipinski definition) is 4. The van der Waals surface area contributed by atoms with Crippen LogP contribution in [0.2, 0.25) is 0 Å². The van der Waals surface area contributed by atoms with Gasteiger partial charge in [-0.3, -0.25) is 0 Å². The summed E-state index contributed by atoms with van der Waals surface area (Å²) >= 11 is 0. The molecule has 0 fully saturated rings. The summed E-state index contributed by atoms with van der Waals surface area (Å²) < 4.78 is 11.0. The quantitative estimate of drug-likeness (QED) is 0.847. The van der Waals surface area contributed by atoms with Crippen LogP contribution in [0, 0.1) is 0 Å². The van der Waals surface area contributed by atoms with Gasteiger partial charge in [0, 0.05) is 0 Å². The summed E-state index contributed by atoms with van der Waals surface area (Å²) in [7, 11) is 1.57. The first-order chi connectivity index (χ1) is 9.74. The Hall–Kier alpha value is -2.04. The summed E-state index contributed by atoms with van der Waals surface area (Å²) in [4.78, 5) is 0. The first kappa shape index (κ1) is 14.4. The number of nitrogens with two attached hydrogens (primary N) is 1. The molecular weight excluding hydrogens is 254 g/mol. The molecule has 2 aromatic rings.